The monoisotopic (exact) mass is 297 g/mol. The third-order valence-electron chi connectivity index (χ3n) is 2.33. The highest BCUT2D eigenvalue weighted by Crippen LogP contribution is 2.16. The van der Waals surface area contributed by atoms with Crippen LogP contribution in [0.5, 0.6) is 0 Å². The molecule has 6 heteroatoms. The van der Waals surface area contributed by atoms with E-state index in [0.717, 1.165) is 0 Å². The van der Waals surface area contributed by atoms with Crippen LogP contribution in [0.25, 0.3) is 0 Å². The summed E-state index contributed by atoms with van der Waals surface area (Å²) in [7, 11) is 0. The van der Waals surface area contributed by atoms with Crippen LogP contribution in [0.1, 0.15) is 37.6 Å². The summed E-state index contributed by atoms with van der Waals surface area (Å²) >= 11 is 5.83. The lowest BCUT2D eigenvalue weighted by Crippen LogP contribution is -2.42. The predicted octanol–water partition coefficient (Wildman–Crippen LogP) is 1.96. The summed E-state index contributed by atoms with van der Waals surface area (Å²) < 4.78 is 0. The van der Waals surface area contributed by atoms with Crippen molar-refractivity contribution in [1.29, 1.82) is 0 Å². The standard InChI is InChI=1S/C14H20ClN3O2/c1-14(2,3)18-12(19)4-5-17-13(20)9-6-10(15)8-11(16)7-9/h6-8H,4-5,16H2,1-3H3,(H,17,20)(H,18,19). The molecule has 0 aliphatic carbocycles. The van der Waals surface area contributed by atoms with E-state index in [1.165, 1.54) is 12.1 Å². The molecule has 0 heterocycles. The maximum absolute atomic E-state index is 11.9. The molecule has 0 saturated heterocycles. The summed E-state index contributed by atoms with van der Waals surface area (Å²) in [5.41, 5.74) is 6.14. The molecule has 0 atom stereocenters. The molecule has 2 amide bonds. The van der Waals surface area contributed by atoms with E-state index in [1.807, 2.05) is 20.8 Å². The highest BCUT2D eigenvalue weighted by molar-refractivity contribution is 6.31. The summed E-state index contributed by atoms with van der Waals surface area (Å²) in [6, 6.07) is 4.63. The molecule has 0 radical (unpaired) electrons. The molecule has 1 aromatic carbocycles. The topological polar surface area (TPSA) is 84.2 Å². The first kappa shape index (κ1) is 16.3. The number of nitrogen functional groups attached to an aromatic ring is 1. The van der Waals surface area contributed by atoms with Crippen molar-refractivity contribution in [2.75, 3.05) is 12.3 Å². The fraction of sp³-hybridized carbons (Fsp3) is 0.429. The van der Waals surface area contributed by atoms with Gasteiger partial charge < -0.3 is 16.4 Å². The normalized spacial score (nSPS) is 11.0. The van der Waals surface area contributed by atoms with Gasteiger partial charge in [-0.2, -0.15) is 0 Å². The van der Waals surface area contributed by atoms with Crippen LogP contribution in [0, 0.1) is 0 Å². The van der Waals surface area contributed by atoms with Crippen molar-refractivity contribution in [2.24, 2.45) is 0 Å². The van der Waals surface area contributed by atoms with Gasteiger partial charge in [-0.25, -0.2) is 0 Å². The van der Waals surface area contributed by atoms with Crippen LogP contribution < -0.4 is 16.4 Å². The lowest BCUT2D eigenvalue weighted by atomic mass is 10.1. The first-order chi connectivity index (χ1) is 9.17. The summed E-state index contributed by atoms with van der Waals surface area (Å²) in [6.07, 6.45) is 0.221. The first-order valence-corrected chi connectivity index (χ1v) is 6.70. The van der Waals surface area contributed by atoms with E-state index in [9.17, 15) is 9.59 Å². The Bertz CT molecular complexity index is 489. The van der Waals surface area contributed by atoms with Gasteiger partial charge in [0.2, 0.25) is 5.91 Å². The smallest absolute Gasteiger partial charge is 0.251 e. The van der Waals surface area contributed by atoms with Crippen molar-refractivity contribution in [3.63, 3.8) is 0 Å². The van der Waals surface area contributed by atoms with Crippen LogP contribution in [0.15, 0.2) is 18.2 Å². The summed E-state index contributed by atoms with van der Waals surface area (Å²) in [5, 5.41) is 5.88. The Balaban J connectivity index is 2.46. The number of anilines is 1. The molecule has 0 fully saturated rings. The first-order valence-electron chi connectivity index (χ1n) is 6.33. The molecule has 0 saturated carbocycles. The molecule has 0 aliphatic rings. The number of carbonyl (C=O) groups is 2. The van der Waals surface area contributed by atoms with Crippen molar-refractivity contribution in [3.05, 3.63) is 28.8 Å². The Kier molecular flexibility index (Phi) is 5.39. The minimum absolute atomic E-state index is 0.108. The summed E-state index contributed by atoms with van der Waals surface area (Å²) in [6.45, 7) is 5.96. The molecule has 0 aliphatic heterocycles. The zero-order valence-corrected chi connectivity index (χ0v) is 12.7. The molecule has 0 unspecified atom stereocenters. The Morgan fingerprint density at radius 2 is 1.90 bits per heavy atom. The molecule has 1 aromatic rings. The molecule has 5 nitrogen and oxygen atoms in total. The van der Waals surface area contributed by atoms with Crippen molar-refractivity contribution in [3.8, 4) is 0 Å². The maximum atomic E-state index is 11.9. The number of halogens is 1. The van der Waals surface area contributed by atoms with Gasteiger partial charge in [0.1, 0.15) is 0 Å². The van der Waals surface area contributed by atoms with Crippen LogP contribution in [0.2, 0.25) is 5.02 Å². The second-order valence-electron chi connectivity index (χ2n) is 5.58. The number of hydrogen-bond donors (Lipinski definition) is 3. The van der Waals surface area contributed by atoms with E-state index < -0.39 is 0 Å². The number of nitrogens with one attached hydrogen (secondary N) is 2. The van der Waals surface area contributed by atoms with Crippen LogP contribution in [-0.2, 0) is 4.79 Å². The van der Waals surface area contributed by atoms with Crippen LogP contribution >= 0.6 is 11.6 Å². The van der Waals surface area contributed by atoms with Gasteiger partial charge in [0.05, 0.1) is 0 Å². The Morgan fingerprint density at radius 3 is 2.45 bits per heavy atom. The van der Waals surface area contributed by atoms with Crippen molar-refractivity contribution >= 4 is 29.1 Å². The summed E-state index contributed by atoms with van der Waals surface area (Å²) in [5.74, 6) is -0.411. The van der Waals surface area contributed by atoms with Crippen LogP contribution in [0.4, 0.5) is 5.69 Å². The lowest BCUT2D eigenvalue weighted by molar-refractivity contribution is -0.122. The molecule has 4 N–H and O–H groups in total. The highest BCUT2D eigenvalue weighted by atomic mass is 35.5. The Labute approximate surface area is 123 Å². The van der Waals surface area contributed by atoms with Gasteiger partial charge in [-0.05, 0) is 39.0 Å². The number of rotatable bonds is 4. The van der Waals surface area contributed by atoms with Gasteiger partial charge in [0, 0.05) is 34.8 Å². The minimum Gasteiger partial charge on any atom is -0.399 e. The second kappa shape index (κ2) is 6.61. The maximum Gasteiger partial charge on any atom is 0.251 e. The second-order valence-corrected chi connectivity index (χ2v) is 6.01. The molecular formula is C14H20ClN3O2. The van der Waals surface area contributed by atoms with Gasteiger partial charge >= 0.3 is 0 Å². The van der Waals surface area contributed by atoms with E-state index in [0.29, 0.717) is 16.3 Å². The summed E-state index contributed by atoms with van der Waals surface area (Å²) in [4.78, 5) is 23.4. The number of carbonyl (C=O) groups excluding carboxylic acids is 2. The Hall–Kier alpha value is -1.75. The van der Waals surface area contributed by atoms with E-state index >= 15 is 0 Å². The zero-order valence-electron chi connectivity index (χ0n) is 11.9. The van der Waals surface area contributed by atoms with E-state index in [-0.39, 0.29) is 30.3 Å². The lowest BCUT2D eigenvalue weighted by Gasteiger charge is -2.20. The number of nitrogens with two attached hydrogens (primary N) is 1. The highest BCUT2D eigenvalue weighted by Gasteiger charge is 2.14. The van der Waals surface area contributed by atoms with E-state index in [1.54, 1.807) is 6.07 Å². The number of amides is 2. The van der Waals surface area contributed by atoms with E-state index in [2.05, 4.69) is 10.6 Å². The molecular weight excluding hydrogens is 278 g/mol. The van der Waals surface area contributed by atoms with Gasteiger partial charge in [-0.15, -0.1) is 0 Å². The van der Waals surface area contributed by atoms with Gasteiger partial charge in [-0.1, -0.05) is 11.6 Å². The minimum atomic E-state index is -0.303. The van der Waals surface area contributed by atoms with Gasteiger partial charge in [-0.3, -0.25) is 9.59 Å². The van der Waals surface area contributed by atoms with Crippen molar-refractivity contribution < 1.29 is 9.59 Å². The number of hydrogen-bond acceptors (Lipinski definition) is 3. The molecule has 0 bridgehead atoms. The predicted molar refractivity (Wildman–Crippen MR) is 80.7 cm³/mol. The van der Waals surface area contributed by atoms with Crippen LogP contribution in [-0.4, -0.2) is 23.9 Å². The van der Waals surface area contributed by atoms with Crippen LogP contribution in [0.3, 0.4) is 0 Å². The Morgan fingerprint density at radius 1 is 1.25 bits per heavy atom. The fourth-order valence-electron chi connectivity index (χ4n) is 1.62. The zero-order chi connectivity index (χ0) is 15.3. The average Bonchev–Trinajstić information content (AvgIpc) is 2.24. The molecule has 1 rings (SSSR count). The van der Waals surface area contributed by atoms with E-state index in [4.69, 9.17) is 17.3 Å². The molecule has 20 heavy (non-hydrogen) atoms. The fourth-order valence-corrected chi connectivity index (χ4v) is 1.86. The SMILES string of the molecule is CC(C)(C)NC(=O)CCNC(=O)c1cc(N)cc(Cl)c1. The average molecular weight is 298 g/mol. The largest absolute Gasteiger partial charge is 0.399 e. The van der Waals surface area contributed by atoms with Crippen molar-refractivity contribution in [2.45, 2.75) is 32.7 Å². The van der Waals surface area contributed by atoms with Crippen molar-refractivity contribution in [1.82, 2.24) is 10.6 Å². The van der Waals surface area contributed by atoms with Gasteiger partial charge in [0.15, 0.2) is 0 Å². The number of benzene rings is 1. The molecule has 0 spiro atoms. The molecule has 0 aromatic heterocycles. The quantitative estimate of drug-likeness (QED) is 0.743. The van der Waals surface area contributed by atoms with Gasteiger partial charge in [0.25, 0.3) is 5.91 Å². The third kappa shape index (κ3) is 5.93. The third-order valence-corrected chi connectivity index (χ3v) is 2.55. The molecule has 110 valence electrons.